The molecular weight excluding hydrogens is 324 g/mol. The van der Waals surface area contributed by atoms with E-state index in [0.717, 1.165) is 44.8 Å². The van der Waals surface area contributed by atoms with Crippen molar-refractivity contribution in [3.8, 4) is 5.75 Å². The normalized spacial score (nSPS) is 19.2. The van der Waals surface area contributed by atoms with Gasteiger partial charge in [-0.05, 0) is 68.3 Å². The standard InChI is InChI=1S/C19H28N2O2.ClH/c1-15-3-4-17(13-16(15)2)23-12-5-18(22)21-10-7-19(8-11-21)6-9-20-14-19;/h3-4,13,20H,5-12,14H2,1-2H3;1H. The van der Waals surface area contributed by atoms with Crippen LogP contribution >= 0.6 is 12.4 Å². The monoisotopic (exact) mass is 352 g/mol. The summed E-state index contributed by atoms with van der Waals surface area (Å²) in [5.41, 5.74) is 2.95. The van der Waals surface area contributed by atoms with Crippen LogP contribution in [0.4, 0.5) is 0 Å². The van der Waals surface area contributed by atoms with Crippen molar-refractivity contribution in [2.45, 2.75) is 39.5 Å². The molecule has 0 bridgehead atoms. The van der Waals surface area contributed by atoms with Gasteiger partial charge in [0.1, 0.15) is 5.75 Å². The topological polar surface area (TPSA) is 41.6 Å². The van der Waals surface area contributed by atoms with E-state index in [1.807, 2.05) is 17.0 Å². The highest BCUT2D eigenvalue weighted by atomic mass is 35.5. The second-order valence-electron chi connectivity index (χ2n) is 7.15. The highest BCUT2D eigenvalue weighted by Gasteiger charge is 2.37. The lowest BCUT2D eigenvalue weighted by Gasteiger charge is -2.38. The van der Waals surface area contributed by atoms with E-state index in [2.05, 4.69) is 25.2 Å². The molecule has 0 unspecified atom stereocenters. The van der Waals surface area contributed by atoms with Gasteiger partial charge in [-0.3, -0.25) is 4.79 Å². The van der Waals surface area contributed by atoms with Crippen LogP contribution in [0.25, 0.3) is 0 Å². The van der Waals surface area contributed by atoms with E-state index in [1.165, 1.54) is 17.5 Å². The number of piperidine rings is 1. The average molecular weight is 353 g/mol. The average Bonchev–Trinajstić information content (AvgIpc) is 2.99. The van der Waals surface area contributed by atoms with E-state index in [1.54, 1.807) is 0 Å². The molecule has 1 N–H and O–H groups in total. The molecule has 0 saturated carbocycles. The van der Waals surface area contributed by atoms with E-state index in [4.69, 9.17) is 4.74 Å². The van der Waals surface area contributed by atoms with E-state index >= 15 is 0 Å². The Kier molecular flexibility index (Phi) is 6.53. The second kappa shape index (κ2) is 8.21. The van der Waals surface area contributed by atoms with Crippen LogP contribution in [0.5, 0.6) is 5.75 Å². The van der Waals surface area contributed by atoms with E-state index in [0.29, 0.717) is 18.4 Å². The first-order valence-electron chi connectivity index (χ1n) is 8.77. The van der Waals surface area contributed by atoms with Gasteiger partial charge in [0.2, 0.25) is 5.91 Å². The minimum atomic E-state index is 0. The molecule has 4 nitrogen and oxygen atoms in total. The molecule has 0 aliphatic carbocycles. The van der Waals surface area contributed by atoms with Crippen molar-refractivity contribution in [2.75, 3.05) is 32.8 Å². The van der Waals surface area contributed by atoms with Crippen LogP contribution in [-0.2, 0) is 4.79 Å². The molecule has 1 amide bonds. The van der Waals surface area contributed by atoms with Crippen molar-refractivity contribution in [3.05, 3.63) is 29.3 Å². The fourth-order valence-corrected chi connectivity index (χ4v) is 3.67. The highest BCUT2D eigenvalue weighted by Crippen LogP contribution is 2.36. The summed E-state index contributed by atoms with van der Waals surface area (Å²) in [6, 6.07) is 6.08. The van der Waals surface area contributed by atoms with Crippen LogP contribution in [0.1, 0.15) is 36.8 Å². The minimum absolute atomic E-state index is 0. The largest absolute Gasteiger partial charge is 0.493 e. The van der Waals surface area contributed by atoms with Crippen LogP contribution in [0.2, 0.25) is 0 Å². The molecule has 5 heteroatoms. The molecule has 1 aromatic carbocycles. The van der Waals surface area contributed by atoms with Crippen LogP contribution in [-0.4, -0.2) is 43.6 Å². The first-order chi connectivity index (χ1) is 11.1. The Labute approximate surface area is 151 Å². The minimum Gasteiger partial charge on any atom is -0.493 e. The van der Waals surface area contributed by atoms with Crippen molar-refractivity contribution >= 4 is 18.3 Å². The van der Waals surface area contributed by atoms with Crippen molar-refractivity contribution in [3.63, 3.8) is 0 Å². The van der Waals surface area contributed by atoms with Gasteiger partial charge < -0.3 is 15.0 Å². The van der Waals surface area contributed by atoms with E-state index in [9.17, 15) is 4.79 Å². The number of hydrogen-bond donors (Lipinski definition) is 1. The molecule has 0 atom stereocenters. The summed E-state index contributed by atoms with van der Waals surface area (Å²) >= 11 is 0. The number of halogens is 1. The summed E-state index contributed by atoms with van der Waals surface area (Å²) in [4.78, 5) is 14.4. The molecule has 2 saturated heterocycles. The number of carbonyl (C=O) groups is 1. The first-order valence-corrected chi connectivity index (χ1v) is 8.77. The quantitative estimate of drug-likeness (QED) is 0.905. The van der Waals surface area contributed by atoms with Gasteiger partial charge in [0.05, 0.1) is 13.0 Å². The summed E-state index contributed by atoms with van der Waals surface area (Å²) in [7, 11) is 0. The molecule has 2 aliphatic rings. The van der Waals surface area contributed by atoms with E-state index < -0.39 is 0 Å². The van der Waals surface area contributed by atoms with Gasteiger partial charge in [0, 0.05) is 19.6 Å². The molecule has 1 aromatic rings. The zero-order valence-corrected chi connectivity index (χ0v) is 15.6. The SMILES string of the molecule is Cc1ccc(OCCC(=O)N2CCC3(CCNC3)CC2)cc1C.Cl. The third-order valence-corrected chi connectivity index (χ3v) is 5.57. The Balaban J connectivity index is 0.00000208. The van der Waals surface area contributed by atoms with Gasteiger partial charge in [-0.2, -0.15) is 0 Å². The predicted octanol–water partition coefficient (Wildman–Crippen LogP) is 3.10. The number of rotatable bonds is 4. The molecule has 2 heterocycles. The van der Waals surface area contributed by atoms with E-state index in [-0.39, 0.29) is 18.3 Å². The van der Waals surface area contributed by atoms with Crippen LogP contribution < -0.4 is 10.1 Å². The Morgan fingerprint density at radius 3 is 2.58 bits per heavy atom. The summed E-state index contributed by atoms with van der Waals surface area (Å²) in [6.07, 6.45) is 4.02. The van der Waals surface area contributed by atoms with Crippen molar-refractivity contribution in [1.82, 2.24) is 10.2 Å². The van der Waals surface area contributed by atoms with Gasteiger partial charge in [-0.25, -0.2) is 0 Å². The van der Waals surface area contributed by atoms with Gasteiger partial charge in [-0.15, -0.1) is 12.4 Å². The number of hydrogen-bond acceptors (Lipinski definition) is 3. The smallest absolute Gasteiger partial charge is 0.225 e. The fraction of sp³-hybridized carbons (Fsp3) is 0.632. The molecule has 134 valence electrons. The number of amides is 1. The maximum atomic E-state index is 12.3. The second-order valence-corrected chi connectivity index (χ2v) is 7.15. The zero-order valence-electron chi connectivity index (χ0n) is 14.8. The van der Waals surface area contributed by atoms with Crippen LogP contribution in [0.3, 0.4) is 0 Å². The fourth-order valence-electron chi connectivity index (χ4n) is 3.67. The van der Waals surface area contributed by atoms with Gasteiger partial charge in [0.15, 0.2) is 0 Å². The lowest BCUT2D eigenvalue weighted by atomic mass is 9.78. The summed E-state index contributed by atoms with van der Waals surface area (Å²) in [5, 5.41) is 3.46. The number of aryl methyl sites for hydroxylation is 2. The van der Waals surface area contributed by atoms with Crippen molar-refractivity contribution < 1.29 is 9.53 Å². The van der Waals surface area contributed by atoms with Crippen LogP contribution in [0, 0.1) is 19.3 Å². The lowest BCUT2D eigenvalue weighted by molar-refractivity contribution is -0.133. The van der Waals surface area contributed by atoms with Crippen molar-refractivity contribution in [2.24, 2.45) is 5.41 Å². The van der Waals surface area contributed by atoms with Crippen LogP contribution in [0.15, 0.2) is 18.2 Å². The summed E-state index contributed by atoms with van der Waals surface area (Å²) < 4.78 is 5.74. The number of likely N-dealkylation sites (tertiary alicyclic amines) is 1. The number of carbonyl (C=O) groups excluding carboxylic acids is 1. The lowest BCUT2D eigenvalue weighted by Crippen LogP contribution is -2.44. The zero-order chi connectivity index (χ0) is 16.3. The molecule has 0 aromatic heterocycles. The molecule has 0 radical (unpaired) electrons. The first kappa shape index (κ1) is 19.1. The third-order valence-electron chi connectivity index (χ3n) is 5.57. The Morgan fingerprint density at radius 2 is 1.96 bits per heavy atom. The highest BCUT2D eigenvalue weighted by molar-refractivity contribution is 5.85. The number of benzene rings is 1. The molecule has 24 heavy (non-hydrogen) atoms. The molecule has 3 rings (SSSR count). The number of ether oxygens (including phenoxy) is 1. The molecular formula is C19H29ClN2O2. The Bertz CT molecular complexity index is 560. The van der Waals surface area contributed by atoms with Gasteiger partial charge >= 0.3 is 0 Å². The molecule has 1 spiro atoms. The Morgan fingerprint density at radius 1 is 1.21 bits per heavy atom. The third kappa shape index (κ3) is 4.42. The molecule has 2 fully saturated rings. The Hall–Kier alpha value is -1.26. The number of nitrogens with one attached hydrogen (secondary N) is 1. The van der Waals surface area contributed by atoms with Gasteiger partial charge in [0.25, 0.3) is 0 Å². The van der Waals surface area contributed by atoms with Gasteiger partial charge in [-0.1, -0.05) is 6.07 Å². The number of nitrogens with zero attached hydrogens (tertiary/aromatic N) is 1. The predicted molar refractivity (Wildman–Crippen MR) is 99.0 cm³/mol. The summed E-state index contributed by atoms with van der Waals surface area (Å²) in [5.74, 6) is 1.09. The summed E-state index contributed by atoms with van der Waals surface area (Å²) in [6.45, 7) is 8.71. The maximum Gasteiger partial charge on any atom is 0.225 e. The molecule has 2 aliphatic heterocycles. The van der Waals surface area contributed by atoms with Crippen molar-refractivity contribution in [1.29, 1.82) is 0 Å². The maximum absolute atomic E-state index is 12.3.